The predicted octanol–water partition coefficient (Wildman–Crippen LogP) is 6.37. The van der Waals surface area contributed by atoms with Crippen molar-refractivity contribution in [2.45, 2.75) is 32.6 Å². The van der Waals surface area contributed by atoms with Crippen molar-refractivity contribution in [3.05, 3.63) is 81.7 Å². The highest BCUT2D eigenvalue weighted by Gasteiger charge is 2.27. The molecule has 0 spiro atoms. The number of aromatic nitrogens is 2. The summed E-state index contributed by atoms with van der Waals surface area (Å²) < 4.78 is 7.11. The number of fused-ring (bicyclic) bond motifs is 1. The maximum Gasteiger partial charge on any atom is 0.341 e. The van der Waals surface area contributed by atoms with Crippen LogP contribution in [0.1, 0.15) is 46.1 Å². The molecule has 6 nitrogen and oxygen atoms in total. The van der Waals surface area contributed by atoms with Crippen molar-refractivity contribution >= 4 is 45.6 Å². The minimum Gasteiger partial charge on any atom is -0.462 e. The molecule has 4 aromatic rings. The Morgan fingerprint density at radius 1 is 1.14 bits per heavy atom. The predicted molar refractivity (Wildman–Crippen MR) is 141 cm³/mol. The monoisotopic (exact) mass is 503 g/mol. The lowest BCUT2D eigenvalue weighted by molar-refractivity contribution is -0.111. The number of carbonyl (C=O) groups excluding carboxylic acids is 2. The van der Waals surface area contributed by atoms with Crippen LogP contribution in [0, 0.1) is 0 Å². The van der Waals surface area contributed by atoms with Gasteiger partial charge in [-0.15, -0.1) is 22.7 Å². The molecule has 1 aliphatic carbocycles. The van der Waals surface area contributed by atoms with Gasteiger partial charge in [0.15, 0.2) is 0 Å². The first-order chi connectivity index (χ1) is 17.1. The van der Waals surface area contributed by atoms with Crippen LogP contribution in [0.4, 0.5) is 5.00 Å². The van der Waals surface area contributed by atoms with Crippen LogP contribution in [0.2, 0.25) is 0 Å². The second-order valence-corrected chi connectivity index (χ2v) is 10.2. The van der Waals surface area contributed by atoms with Crippen molar-refractivity contribution in [3.8, 4) is 16.3 Å². The summed E-state index contributed by atoms with van der Waals surface area (Å²) in [7, 11) is 0. The Labute approximate surface area is 211 Å². The van der Waals surface area contributed by atoms with Gasteiger partial charge in [0.1, 0.15) is 10.7 Å². The van der Waals surface area contributed by atoms with E-state index in [0.717, 1.165) is 53.1 Å². The number of thiophene rings is 2. The van der Waals surface area contributed by atoms with Gasteiger partial charge in [0.2, 0.25) is 5.91 Å². The highest BCUT2D eigenvalue weighted by atomic mass is 32.1. The molecule has 5 rings (SSSR count). The number of nitrogens with zero attached hydrogens (tertiary/aromatic N) is 2. The average molecular weight is 504 g/mol. The van der Waals surface area contributed by atoms with Crippen molar-refractivity contribution in [2.75, 3.05) is 11.9 Å². The van der Waals surface area contributed by atoms with Gasteiger partial charge in [0.25, 0.3) is 0 Å². The summed E-state index contributed by atoms with van der Waals surface area (Å²) in [5.74, 6) is -0.658. The van der Waals surface area contributed by atoms with Gasteiger partial charge in [-0.05, 0) is 67.8 Å². The molecular formula is C27H25N3O3S2. The number of nitrogens with one attached hydrogen (secondary N) is 1. The lowest BCUT2D eigenvalue weighted by atomic mass is 9.95. The Balaban J connectivity index is 1.42. The van der Waals surface area contributed by atoms with Gasteiger partial charge in [-0.2, -0.15) is 5.10 Å². The topological polar surface area (TPSA) is 73.2 Å². The zero-order valence-corrected chi connectivity index (χ0v) is 21.0. The summed E-state index contributed by atoms with van der Waals surface area (Å²) in [6.45, 7) is 2.09. The van der Waals surface area contributed by atoms with E-state index in [1.807, 2.05) is 58.7 Å². The van der Waals surface area contributed by atoms with E-state index in [0.29, 0.717) is 17.2 Å². The summed E-state index contributed by atoms with van der Waals surface area (Å²) >= 11 is 3.09. The molecule has 1 amide bonds. The number of rotatable bonds is 7. The molecule has 0 aliphatic heterocycles. The van der Waals surface area contributed by atoms with Crippen LogP contribution < -0.4 is 5.32 Å². The van der Waals surface area contributed by atoms with E-state index >= 15 is 0 Å². The summed E-state index contributed by atoms with van der Waals surface area (Å²) in [6, 6.07) is 13.9. The Hall–Kier alpha value is -3.49. The number of hydrogen-bond donors (Lipinski definition) is 1. The Morgan fingerprint density at radius 3 is 2.74 bits per heavy atom. The zero-order valence-electron chi connectivity index (χ0n) is 19.3. The molecule has 0 unspecified atom stereocenters. The third-order valence-electron chi connectivity index (χ3n) is 5.82. The molecule has 0 atom stereocenters. The fourth-order valence-electron chi connectivity index (χ4n) is 4.22. The smallest absolute Gasteiger partial charge is 0.341 e. The molecule has 0 fully saturated rings. The molecule has 0 saturated carbocycles. The standard InChI is InChI=1S/C27H25N3O3S2/c1-2-33-27(32)24-20-11-6-7-12-21(20)35-26(24)28-23(31)15-14-18-17-30(19-9-4-3-5-10-19)29-25(18)22-13-8-16-34-22/h3-5,8-10,13-17H,2,6-7,11-12H2,1H3,(H,28,31)/b15-14+. The zero-order chi connectivity index (χ0) is 24.2. The molecule has 1 N–H and O–H groups in total. The highest BCUT2D eigenvalue weighted by molar-refractivity contribution is 7.17. The molecule has 3 heterocycles. The van der Waals surface area contributed by atoms with Gasteiger partial charge in [-0.25, -0.2) is 9.48 Å². The van der Waals surface area contributed by atoms with Crippen LogP contribution in [0.15, 0.2) is 60.1 Å². The lowest BCUT2D eigenvalue weighted by Crippen LogP contribution is -2.14. The Kier molecular flexibility index (Phi) is 6.92. The van der Waals surface area contributed by atoms with E-state index in [9.17, 15) is 9.59 Å². The number of carbonyl (C=O) groups is 2. The van der Waals surface area contributed by atoms with Gasteiger partial charge >= 0.3 is 5.97 Å². The summed E-state index contributed by atoms with van der Waals surface area (Å²) in [4.78, 5) is 27.8. The second-order valence-electron chi connectivity index (χ2n) is 8.15. The maximum absolute atomic E-state index is 12.9. The van der Waals surface area contributed by atoms with Crippen LogP contribution in [-0.4, -0.2) is 28.3 Å². The average Bonchev–Trinajstić information content (AvgIpc) is 3.61. The number of anilines is 1. The van der Waals surface area contributed by atoms with Crippen LogP contribution in [-0.2, 0) is 22.4 Å². The van der Waals surface area contributed by atoms with Gasteiger partial charge < -0.3 is 10.1 Å². The molecule has 1 aliphatic rings. The first kappa shape index (κ1) is 23.3. The lowest BCUT2D eigenvalue weighted by Gasteiger charge is -2.12. The highest BCUT2D eigenvalue weighted by Crippen LogP contribution is 2.38. The Bertz CT molecular complexity index is 1370. The number of esters is 1. The first-order valence-electron chi connectivity index (χ1n) is 11.6. The second kappa shape index (κ2) is 10.4. The van der Waals surface area contributed by atoms with Crippen LogP contribution in [0.5, 0.6) is 0 Å². The summed E-state index contributed by atoms with van der Waals surface area (Å²) in [5, 5.41) is 10.3. The molecule has 35 heavy (non-hydrogen) atoms. The fraction of sp³-hybridized carbons (Fsp3) is 0.222. The van der Waals surface area contributed by atoms with Gasteiger partial charge in [-0.1, -0.05) is 24.3 Å². The molecule has 3 aromatic heterocycles. The van der Waals surface area contributed by atoms with Crippen molar-refractivity contribution in [2.24, 2.45) is 0 Å². The van der Waals surface area contributed by atoms with E-state index in [2.05, 4.69) is 5.32 Å². The number of aryl methyl sites for hydroxylation is 1. The first-order valence-corrected chi connectivity index (χ1v) is 13.3. The normalized spacial score (nSPS) is 13.1. The molecular weight excluding hydrogens is 478 g/mol. The molecule has 0 bridgehead atoms. The summed E-state index contributed by atoms with van der Waals surface area (Å²) in [5.41, 5.74) is 4.14. The third kappa shape index (κ3) is 4.99. The molecule has 0 radical (unpaired) electrons. The number of ether oxygens (including phenoxy) is 1. The minimum absolute atomic E-state index is 0.293. The molecule has 8 heteroatoms. The Morgan fingerprint density at radius 2 is 1.97 bits per heavy atom. The molecule has 178 valence electrons. The van der Waals surface area contributed by atoms with Crippen molar-refractivity contribution in [1.82, 2.24) is 9.78 Å². The molecule has 1 aromatic carbocycles. The SMILES string of the molecule is CCOC(=O)c1c(NC(=O)/C=C/c2cn(-c3ccccc3)nc2-c2cccs2)sc2c1CCCC2. The minimum atomic E-state index is -0.365. The number of para-hydroxylation sites is 1. The van der Waals surface area contributed by atoms with Crippen LogP contribution in [0.3, 0.4) is 0 Å². The van der Waals surface area contributed by atoms with E-state index in [1.165, 1.54) is 22.3 Å². The van der Waals surface area contributed by atoms with Gasteiger partial charge in [0, 0.05) is 22.7 Å². The van der Waals surface area contributed by atoms with Crippen molar-refractivity contribution < 1.29 is 14.3 Å². The van der Waals surface area contributed by atoms with Crippen molar-refractivity contribution in [1.29, 1.82) is 0 Å². The van der Waals surface area contributed by atoms with E-state index < -0.39 is 0 Å². The maximum atomic E-state index is 12.9. The van der Waals surface area contributed by atoms with E-state index in [1.54, 1.807) is 24.3 Å². The quantitative estimate of drug-likeness (QED) is 0.235. The van der Waals surface area contributed by atoms with E-state index in [-0.39, 0.29) is 11.9 Å². The van der Waals surface area contributed by atoms with Crippen LogP contribution >= 0.6 is 22.7 Å². The fourth-order valence-corrected chi connectivity index (χ4v) is 6.23. The van der Waals surface area contributed by atoms with Crippen molar-refractivity contribution in [3.63, 3.8) is 0 Å². The van der Waals surface area contributed by atoms with Gasteiger partial charge in [-0.3, -0.25) is 4.79 Å². The van der Waals surface area contributed by atoms with Crippen LogP contribution in [0.25, 0.3) is 22.3 Å². The van der Waals surface area contributed by atoms with Gasteiger partial charge in [0.05, 0.1) is 22.7 Å². The summed E-state index contributed by atoms with van der Waals surface area (Å²) in [6.07, 6.45) is 9.10. The third-order valence-corrected chi connectivity index (χ3v) is 7.90. The number of hydrogen-bond acceptors (Lipinski definition) is 6. The number of amides is 1. The number of benzene rings is 1. The van der Waals surface area contributed by atoms with E-state index in [4.69, 9.17) is 9.84 Å². The largest absolute Gasteiger partial charge is 0.462 e. The molecule has 0 saturated heterocycles.